The highest BCUT2D eigenvalue weighted by Gasteiger charge is 2.47. The summed E-state index contributed by atoms with van der Waals surface area (Å²) in [6.07, 6.45) is 1.57. The van der Waals surface area contributed by atoms with E-state index in [2.05, 4.69) is 11.9 Å². The Balaban J connectivity index is 3.19. The zero-order valence-electron chi connectivity index (χ0n) is 17.4. The molecule has 0 heterocycles. The van der Waals surface area contributed by atoms with Crippen molar-refractivity contribution >= 4 is 17.6 Å². The number of benzene rings is 1. The lowest BCUT2D eigenvalue weighted by Crippen LogP contribution is -2.54. The standard InChI is InChI=1S/C22H32N2O5/c1-5-11-22(28,21(27)24-29)18(12-15(2)3)19(25)14-17(20(26)23-4)13-16-9-7-6-8-10-16/h5-10,15,17-18,28-29H,1,11-14H2,2-4H3,(H,23,26)(H,24,27)/t17-,18+,22-/m1/s1. The van der Waals surface area contributed by atoms with E-state index >= 15 is 0 Å². The summed E-state index contributed by atoms with van der Waals surface area (Å²) in [5.41, 5.74) is 0.223. The number of aliphatic hydroxyl groups is 1. The number of hydrogen-bond donors (Lipinski definition) is 4. The van der Waals surface area contributed by atoms with E-state index in [1.807, 2.05) is 44.2 Å². The summed E-state index contributed by atoms with van der Waals surface area (Å²) in [6.45, 7) is 7.28. The first-order valence-electron chi connectivity index (χ1n) is 9.75. The molecule has 29 heavy (non-hydrogen) atoms. The lowest BCUT2D eigenvalue weighted by atomic mass is 9.74. The third-order valence-electron chi connectivity index (χ3n) is 5.01. The predicted molar refractivity (Wildman–Crippen MR) is 110 cm³/mol. The number of nitrogens with one attached hydrogen (secondary N) is 2. The van der Waals surface area contributed by atoms with Crippen molar-refractivity contribution in [1.82, 2.24) is 10.8 Å². The molecule has 0 aliphatic rings. The molecule has 1 aromatic carbocycles. The Hall–Kier alpha value is -2.51. The van der Waals surface area contributed by atoms with Crippen LogP contribution in [0.25, 0.3) is 0 Å². The van der Waals surface area contributed by atoms with Crippen molar-refractivity contribution in [2.75, 3.05) is 7.05 Å². The minimum Gasteiger partial charge on any atom is -0.379 e. The van der Waals surface area contributed by atoms with Crippen LogP contribution in [0.5, 0.6) is 0 Å². The smallest absolute Gasteiger partial charge is 0.276 e. The van der Waals surface area contributed by atoms with Crippen molar-refractivity contribution in [2.24, 2.45) is 17.8 Å². The maximum Gasteiger partial charge on any atom is 0.276 e. The molecule has 0 saturated carbocycles. The van der Waals surface area contributed by atoms with Crippen LogP contribution in [0.2, 0.25) is 0 Å². The molecule has 7 heteroatoms. The molecule has 1 rings (SSSR count). The van der Waals surface area contributed by atoms with Gasteiger partial charge in [-0.1, -0.05) is 50.3 Å². The topological polar surface area (TPSA) is 116 Å². The SMILES string of the molecule is C=CC[C@](O)(C(=O)NO)[C@@H](CC(C)C)C(=O)C[C@@H](Cc1ccccc1)C(=O)NC. The molecular formula is C22H32N2O5. The van der Waals surface area contributed by atoms with Crippen LogP contribution in [0.15, 0.2) is 43.0 Å². The minimum atomic E-state index is -2.14. The largest absolute Gasteiger partial charge is 0.379 e. The number of hydrogen-bond acceptors (Lipinski definition) is 5. The molecule has 0 saturated heterocycles. The van der Waals surface area contributed by atoms with Gasteiger partial charge in [0.2, 0.25) is 5.91 Å². The average molecular weight is 405 g/mol. The van der Waals surface area contributed by atoms with Gasteiger partial charge >= 0.3 is 0 Å². The van der Waals surface area contributed by atoms with Crippen molar-refractivity contribution < 1.29 is 24.7 Å². The second-order valence-corrected chi connectivity index (χ2v) is 7.71. The molecule has 7 nitrogen and oxygen atoms in total. The molecule has 0 spiro atoms. The molecule has 160 valence electrons. The second kappa shape index (κ2) is 11.5. The number of hydroxylamine groups is 1. The Morgan fingerprint density at radius 2 is 1.83 bits per heavy atom. The molecule has 3 atom stereocenters. The van der Waals surface area contributed by atoms with Gasteiger partial charge in [-0.3, -0.25) is 19.6 Å². The Morgan fingerprint density at radius 3 is 2.31 bits per heavy atom. The molecule has 0 aliphatic carbocycles. The first kappa shape index (κ1) is 24.5. The Labute approximate surface area is 172 Å². The van der Waals surface area contributed by atoms with E-state index < -0.39 is 29.1 Å². The van der Waals surface area contributed by atoms with Crippen molar-refractivity contribution in [3.05, 3.63) is 48.6 Å². The molecule has 0 radical (unpaired) electrons. The fourth-order valence-corrected chi connectivity index (χ4v) is 3.52. The van der Waals surface area contributed by atoms with Gasteiger partial charge in [-0.15, -0.1) is 6.58 Å². The van der Waals surface area contributed by atoms with Crippen LogP contribution in [0.4, 0.5) is 0 Å². The molecule has 0 aromatic heterocycles. The Morgan fingerprint density at radius 1 is 1.21 bits per heavy atom. The maximum absolute atomic E-state index is 13.2. The van der Waals surface area contributed by atoms with E-state index in [1.165, 1.54) is 18.6 Å². The van der Waals surface area contributed by atoms with Gasteiger partial charge in [0.05, 0.1) is 5.92 Å². The van der Waals surface area contributed by atoms with E-state index in [4.69, 9.17) is 5.21 Å². The summed E-state index contributed by atoms with van der Waals surface area (Å²) in [4.78, 5) is 37.8. The average Bonchev–Trinajstić information content (AvgIpc) is 2.70. The zero-order valence-corrected chi connectivity index (χ0v) is 17.4. The summed E-state index contributed by atoms with van der Waals surface area (Å²) in [6, 6.07) is 9.33. The van der Waals surface area contributed by atoms with E-state index in [9.17, 15) is 19.5 Å². The van der Waals surface area contributed by atoms with E-state index in [0.717, 1.165) is 5.56 Å². The number of Topliss-reactive ketones (excluding diaryl/α,β-unsaturated/α-hetero) is 1. The van der Waals surface area contributed by atoms with Crippen LogP contribution < -0.4 is 10.8 Å². The molecule has 0 fully saturated rings. The van der Waals surface area contributed by atoms with E-state index in [0.29, 0.717) is 6.42 Å². The third kappa shape index (κ3) is 6.80. The lowest BCUT2D eigenvalue weighted by Gasteiger charge is -2.34. The highest BCUT2D eigenvalue weighted by Crippen LogP contribution is 2.32. The zero-order chi connectivity index (χ0) is 22.0. The predicted octanol–water partition coefficient (Wildman–Crippen LogP) is 2.03. The Kier molecular flexibility index (Phi) is 9.71. The fourth-order valence-electron chi connectivity index (χ4n) is 3.52. The summed E-state index contributed by atoms with van der Waals surface area (Å²) < 4.78 is 0. The van der Waals surface area contributed by atoms with Crippen molar-refractivity contribution in [2.45, 2.75) is 45.1 Å². The van der Waals surface area contributed by atoms with E-state index in [-0.39, 0.29) is 31.1 Å². The number of carbonyl (C=O) groups excluding carboxylic acids is 3. The van der Waals surface area contributed by atoms with Crippen LogP contribution in [-0.2, 0) is 20.8 Å². The maximum atomic E-state index is 13.2. The summed E-state index contributed by atoms with van der Waals surface area (Å²) >= 11 is 0. The molecule has 1 aromatic rings. The highest BCUT2D eigenvalue weighted by atomic mass is 16.5. The Bertz CT molecular complexity index is 704. The van der Waals surface area contributed by atoms with Crippen molar-refractivity contribution in [3.8, 4) is 0 Å². The summed E-state index contributed by atoms with van der Waals surface area (Å²) in [5, 5.41) is 22.7. The normalized spacial score (nSPS) is 15.1. The first-order valence-corrected chi connectivity index (χ1v) is 9.75. The summed E-state index contributed by atoms with van der Waals surface area (Å²) in [7, 11) is 1.50. The van der Waals surface area contributed by atoms with Gasteiger partial charge in [0.25, 0.3) is 5.91 Å². The molecule has 2 amide bonds. The van der Waals surface area contributed by atoms with Crippen LogP contribution in [0, 0.1) is 17.8 Å². The number of carbonyl (C=O) groups is 3. The first-order chi connectivity index (χ1) is 13.7. The van der Waals surface area contributed by atoms with Crippen LogP contribution in [0.1, 0.15) is 38.7 Å². The third-order valence-corrected chi connectivity index (χ3v) is 5.01. The molecule has 0 aliphatic heterocycles. The van der Waals surface area contributed by atoms with Gasteiger partial charge in [0, 0.05) is 25.8 Å². The van der Waals surface area contributed by atoms with Gasteiger partial charge < -0.3 is 10.4 Å². The molecule has 4 N–H and O–H groups in total. The number of ketones is 1. The van der Waals surface area contributed by atoms with Crippen molar-refractivity contribution in [3.63, 3.8) is 0 Å². The quantitative estimate of drug-likeness (QED) is 0.242. The minimum absolute atomic E-state index is 0.000594. The van der Waals surface area contributed by atoms with E-state index in [1.54, 1.807) is 0 Å². The van der Waals surface area contributed by atoms with Gasteiger partial charge in [0.1, 0.15) is 5.78 Å². The molecule has 0 bridgehead atoms. The molecular weight excluding hydrogens is 372 g/mol. The lowest BCUT2D eigenvalue weighted by molar-refractivity contribution is -0.160. The van der Waals surface area contributed by atoms with Crippen molar-refractivity contribution in [1.29, 1.82) is 0 Å². The second-order valence-electron chi connectivity index (χ2n) is 7.71. The summed E-state index contributed by atoms with van der Waals surface area (Å²) in [5.74, 6) is -3.49. The highest BCUT2D eigenvalue weighted by molar-refractivity contribution is 5.95. The van der Waals surface area contributed by atoms with Crippen LogP contribution in [-0.4, -0.2) is 40.6 Å². The number of rotatable bonds is 12. The number of amides is 2. The van der Waals surface area contributed by atoms with Gasteiger partial charge in [-0.25, -0.2) is 5.48 Å². The van der Waals surface area contributed by atoms with Gasteiger partial charge in [-0.05, 0) is 24.3 Å². The van der Waals surface area contributed by atoms with Gasteiger partial charge in [-0.2, -0.15) is 0 Å². The monoisotopic (exact) mass is 404 g/mol. The molecule has 0 unspecified atom stereocenters. The van der Waals surface area contributed by atoms with Gasteiger partial charge in [0.15, 0.2) is 5.60 Å². The van der Waals surface area contributed by atoms with Crippen LogP contribution in [0.3, 0.4) is 0 Å². The van der Waals surface area contributed by atoms with Crippen LogP contribution >= 0.6 is 0 Å². The fraction of sp³-hybridized carbons (Fsp3) is 0.500.